The molecule has 2 aromatic carbocycles. The maximum atomic E-state index is 13.2. The number of aromatic nitrogens is 2. The van der Waals surface area contributed by atoms with Gasteiger partial charge in [-0.1, -0.05) is 60.1 Å². The van der Waals surface area contributed by atoms with E-state index in [4.69, 9.17) is 16.0 Å². The summed E-state index contributed by atoms with van der Waals surface area (Å²) in [6.45, 7) is 2.59. The Hall–Kier alpha value is -4.17. The molecule has 0 radical (unpaired) electrons. The lowest BCUT2D eigenvalue weighted by Gasteiger charge is -2.36. The summed E-state index contributed by atoms with van der Waals surface area (Å²) in [5, 5.41) is 9.37. The van der Waals surface area contributed by atoms with Gasteiger partial charge in [0.05, 0.1) is 17.0 Å². The van der Waals surface area contributed by atoms with Crippen molar-refractivity contribution >= 4 is 29.2 Å². The molecular formula is C28H26ClN5O3. The van der Waals surface area contributed by atoms with Crippen molar-refractivity contribution in [3.8, 4) is 11.3 Å². The first-order valence-electron chi connectivity index (χ1n) is 12.1. The molecule has 2 amide bonds. The standard InChI is InChI=1S/C28H26ClN5O3/c29-23-10-5-4-9-22(23)24-12-13-26(31-30-24)32-14-16-33(17-15-32)27(35)20-34(19-21-7-2-1-3-8-21)28(36)25-11-6-18-37-25/h1-13,18H,14-17,19-20H2. The fourth-order valence-electron chi connectivity index (χ4n) is 4.31. The third kappa shape index (κ3) is 5.81. The number of nitrogens with zero attached hydrogens (tertiary/aromatic N) is 5. The second-order valence-electron chi connectivity index (χ2n) is 8.75. The molecule has 3 heterocycles. The van der Waals surface area contributed by atoms with E-state index in [0.29, 0.717) is 43.4 Å². The van der Waals surface area contributed by atoms with Crippen LogP contribution in [0.4, 0.5) is 5.82 Å². The molecule has 4 aromatic rings. The molecule has 0 unspecified atom stereocenters. The van der Waals surface area contributed by atoms with Crippen LogP contribution in [0.3, 0.4) is 0 Å². The number of anilines is 1. The van der Waals surface area contributed by atoms with Gasteiger partial charge in [-0.2, -0.15) is 0 Å². The number of hydrogen-bond acceptors (Lipinski definition) is 6. The summed E-state index contributed by atoms with van der Waals surface area (Å²) in [5.74, 6) is 0.555. The second-order valence-corrected chi connectivity index (χ2v) is 9.16. The van der Waals surface area contributed by atoms with Crippen LogP contribution in [-0.2, 0) is 11.3 Å². The van der Waals surface area contributed by atoms with Gasteiger partial charge in [-0.3, -0.25) is 9.59 Å². The molecule has 37 heavy (non-hydrogen) atoms. The number of carbonyl (C=O) groups is 2. The molecule has 188 valence electrons. The van der Waals surface area contributed by atoms with Gasteiger partial charge < -0.3 is 19.1 Å². The Morgan fingerprint density at radius 1 is 0.865 bits per heavy atom. The van der Waals surface area contributed by atoms with E-state index in [1.807, 2.05) is 66.7 Å². The van der Waals surface area contributed by atoms with Crippen LogP contribution in [-0.4, -0.2) is 64.5 Å². The SMILES string of the molecule is O=C(CN(Cc1ccccc1)C(=O)c1ccco1)N1CCN(c2ccc(-c3ccccc3Cl)nn2)CC1. The highest BCUT2D eigenvalue weighted by Crippen LogP contribution is 2.26. The third-order valence-corrected chi connectivity index (χ3v) is 6.65. The minimum Gasteiger partial charge on any atom is -0.459 e. The van der Waals surface area contributed by atoms with E-state index in [1.54, 1.807) is 17.0 Å². The van der Waals surface area contributed by atoms with Crippen LogP contribution in [0.5, 0.6) is 0 Å². The van der Waals surface area contributed by atoms with Crippen LogP contribution in [0.25, 0.3) is 11.3 Å². The van der Waals surface area contributed by atoms with Gasteiger partial charge in [-0.05, 0) is 35.9 Å². The zero-order valence-electron chi connectivity index (χ0n) is 20.2. The molecule has 0 spiro atoms. The highest BCUT2D eigenvalue weighted by molar-refractivity contribution is 6.33. The number of piperazine rings is 1. The Balaban J connectivity index is 1.21. The zero-order valence-corrected chi connectivity index (χ0v) is 20.9. The summed E-state index contributed by atoms with van der Waals surface area (Å²) in [5.41, 5.74) is 2.49. The molecule has 0 N–H and O–H groups in total. The zero-order chi connectivity index (χ0) is 25.6. The average molecular weight is 516 g/mol. The second kappa shape index (κ2) is 11.3. The summed E-state index contributed by atoms with van der Waals surface area (Å²) in [4.78, 5) is 31.7. The van der Waals surface area contributed by atoms with Gasteiger partial charge in [-0.15, -0.1) is 10.2 Å². The van der Waals surface area contributed by atoms with Crippen LogP contribution in [0, 0.1) is 0 Å². The summed E-state index contributed by atoms with van der Waals surface area (Å²) in [7, 11) is 0. The van der Waals surface area contributed by atoms with Crippen molar-refractivity contribution in [3.63, 3.8) is 0 Å². The fraction of sp³-hybridized carbons (Fsp3) is 0.214. The number of benzene rings is 2. The van der Waals surface area contributed by atoms with Crippen LogP contribution in [0.15, 0.2) is 89.5 Å². The minimum absolute atomic E-state index is 0.0270. The van der Waals surface area contributed by atoms with E-state index in [2.05, 4.69) is 15.1 Å². The Labute approximate surface area is 220 Å². The molecule has 0 aliphatic carbocycles. The van der Waals surface area contributed by atoms with Gasteiger partial charge in [0.2, 0.25) is 5.91 Å². The van der Waals surface area contributed by atoms with Gasteiger partial charge in [0.15, 0.2) is 11.6 Å². The smallest absolute Gasteiger partial charge is 0.290 e. The largest absolute Gasteiger partial charge is 0.459 e. The molecule has 0 atom stereocenters. The number of hydrogen-bond donors (Lipinski definition) is 0. The number of halogens is 1. The van der Waals surface area contributed by atoms with Crippen molar-refractivity contribution < 1.29 is 14.0 Å². The highest BCUT2D eigenvalue weighted by atomic mass is 35.5. The van der Waals surface area contributed by atoms with E-state index in [9.17, 15) is 9.59 Å². The Bertz CT molecular complexity index is 1340. The van der Waals surface area contributed by atoms with Gasteiger partial charge in [0, 0.05) is 38.3 Å². The maximum absolute atomic E-state index is 13.2. The van der Waals surface area contributed by atoms with Gasteiger partial charge in [-0.25, -0.2) is 0 Å². The van der Waals surface area contributed by atoms with E-state index >= 15 is 0 Å². The first-order chi connectivity index (χ1) is 18.1. The number of amides is 2. The molecule has 8 nitrogen and oxygen atoms in total. The molecule has 9 heteroatoms. The normalized spacial score (nSPS) is 13.4. The van der Waals surface area contributed by atoms with Gasteiger partial charge in [0.25, 0.3) is 5.91 Å². The van der Waals surface area contributed by atoms with Gasteiger partial charge in [0.1, 0.15) is 6.54 Å². The first kappa shape index (κ1) is 24.5. The van der Waals surface area contributed by atoms with Crippen molar-refractivity contribution in [3.05, 3.63) is 101 Å². The molecule has 1 saturated heterocycles. The number of furan rings is 1. The molecule has 0 saturated carbocycles. The predicted octanol–water partition coefficient (Wildman–Crippen LogP) is 4.38. The summed E-state index contributed by atoms with van der Waals surface area (Å²) in [6.07, 6.45) is 1.46. The molecule has 1 fully saturated rings. The average Bonchev–Trinajstić information content (AvgIpc) is 3.49. The number of rotatable bonds is 7. The third-order valence-electron chi connectivity index (χ3n) is 6.32. The molecule has 0 bridgehead atoms. The lowest BCUT2D eigenvalue weighted by Crippen LogP contribution is -2.52. The predicted molar refractivity (Wildman–Crippen MR) is 141 cm³/mol. The topological polar surface area (TPSA) is 82.8 Å². The molecule has 5 rings (SSSR count). The van der Waals surface area contributed by atoms with Crippen molar-refractivity contribution in [2.75, 3.05) is 37.6 Å². The molecule has 1 aliphatic rings. The van der Waals surface area contributed by atoms with E-state index < -0.39 is 0 Å². The molecule has 1 aliphatic heterocycles. The summed E-state index contributed by atoms with van der Waals surface area (Å²) < 4.78 is 5.30. The monoisotopic (exact) mass is 515 g/mol. The number of carbonyl (C=O) groups excluding carboxylic acids is 2. The van der Waals surface area contributed by atoms with E-state index in [0.717, 1.165) is 16.9 Å². The minimum atomic E-state index is -0.310. The van der Waals surface area contributed by atoms with Crippen molar-refractivity contribution in [1.82, 2.24) is 20.0 Å². The van der Waals surface area contributed by atoms with Crippen molar-refractivity contribution in [1.29, 1.82) is 0 Å². The van der Waals surface area contributed by atoms with E-state index in [-0.39, 0.29) is 24.1 Å². The Morgan fingerprint density at radius 3 is 2.30 bits per heavy atom. The Kier molecular flexibility index (Phi) is 7.46. The van der Waals surface area contributed by atoms with Crippen LogP contribution in [0.1, 0.15) is 16.1 Å². The first-order valence-corrected chi connectivity index (χ1v) is 12.4. The fourth-order valence-corrected chi connectivity index (χ4v) is 4.55. The van der Waals surface area contributed by atoms with Crippen LogP contribution >= 0.6 is 11.6 Å². The van der Waals surface area contributed by atoms with Crippen LogP contribution < -0.4 is 4.90 Å². The maximum Gasteiger partial charge on any atom is 0.290 e. The van der Waals surface area contributed by atoms with Crippen molar-refractivity contribution in [2.45, 2.75) is 6.54 Å². The van der Waals surface area contributed by atoms with Crippen molar-refractivity contribution in [2.24, 2.45) is 0 Å². The molecular weight excluding hydrogens is 490 g/mol. The van der Waals surface area contributed by atoms with Gasteiger partial charge >= 0.3 is 0 Å². The lowest BCUT2D eigenvalue weighted by atomic mass is 10.1. The molecule has 2 aromatic heterocycles. The summed E-state index contributed by atoms with van der Waals surface area (Å²) >= 11 is 6.28. The summed E-state index contributed by atoms with van der Waals surface area (Å²) in [6, 6.07) is 24.2. The lowest BCUT2D eigenvalue weighted by molar-refractivity contribution is -0.132. The highest BCUT2D eigenvalue weighted by Gasteiger charge is 2.27. The quantitative estimate of drug-likeness (QED) is 0.363. The Morgan fingerprint density at radius 2 is 1.62 bits per heavy atom. The van der Waals surface area contributed by atoms with Crippen LogP contribution in [0.2, 0.25) is 5.02 Å². The van der Waals surface area contributed by atoms with E-state index in [1.165, 1.54) is 11.2 Å².